The summed E-state index contributed by atoms with van der Waals surface area (Å²) in [6, 6.07) is 6.49. The van der Waals surface area contributed by atoms with Crippen LogP contribution in [0.15, 0.2) is 52.6 Å². The van der Waals surface area contributed by atoms with Gasteiger partial charge in [-0.15, -0.1) is 0 Å². The Morgan fingerprint density at radius 3 is 2.74 bits per heavy atom. The second-order valence-corrected chi connectivity index (χ2v) is 6.95. The van der Waals surface area contributed by atoms with Crippen molar-refractivity contribution in [1.82, 2.24) is 29.4 Å². The highest BCUT2D eigenvalue weighted by Gasteiger charge is 2.21. The van der Waals surface area contributed by atoms with Gasteiger partial charge in [0.15, 0.2) is 5.65 Å². The summed E-state index contributed by atoms with van der Waals surface area (Å²) in [6.07, 6.45) is 4.62. The quantitative estimate of drug-likeness (QED) is 0.459. The highest BCUT2D eigenvalue weighted by atomic mass is 16.5. The number of benzene rings is 1. The monoisotopic (exact) mass is 420 g/mol. The number of fused-ring (bicyclic) bond motifs is 2. The van der Waals surface area contributed by atoms with E-state index in [0.717, 1.165) is 15.5 Å². The van der Waals surface area contributed by atoms with E-state index in [9.17, 15) is 14.4 Å². The van der Waals surface area contributed by atoms with Crippen LogP contribution in [0.25, 0.3) is 27.6 Å². The Kier molecular flexibility index (Phi) is 5.30. The number of carbonyl (C=O) groups excluding carboxylic acids is 1. The highest BCUT2D eigenvalue weighted by Crippen LogP contribution is 2.24. The first-order chi connectivity index (χ1) is 15.0. The lowest BCUT2D eigenvalue weighted by Crippen LogP contribution is -2.38. The Balaban J connectivity index is 1.97. The minimum atomic E-state index is -0.548. The molecule has 158 valence electrons. The lowest BCUT2D eigenvalue weighted by atomic mass is 10.00. The van der Waals surface area contributed by atoms with Gasteiger partial charge in [-0.25, -0.2) is 19.3 Å². The molecule has 0 aliphatic carbocycles. The average Bonchev–Trinajstić information content (AvgIpc) is 2.81. The summed E-state index contributed by atoms with van der Waals surface area (Å²) < 4.78 is 7.22. The van der Waals surface area contributed by atoms with Crippen molar-refractivity contribution < 1.29 is 9.53 Å². The second kappa shape index (κ2) is 8.07. The van der Waals surface area contributed by atoms with Crippen LogP contribution in [0.2, 0.25) is 0 Å². The lowest BCUT2D eigenvalue weighted by molar-refractivity contribution is -0.142. The van der Waals surface area contributed by atoms with E-state index in [2.05, 4.69) is 20.3 Å². The topological polar surface area (TPSA) is 121 Å². The first kappa shape index (κ1) is 20.4. The van der Waals surface area contributed by atoms with Gasteiger partial charge in [0.2, 0.25) is 0 Å². The van der Waals surface area contributed by atoms with Gasteiger partial charge in [0.05, 0.1) is 18.3 Å². The van der Waals surface area contributed by atoms with Gasteiger partial charge in [-0.2, -0.15) is 0 Å². The first-order valence-electron chi connectivity index (χ1n) is 9.51. The van der Waals surface area contributed by atoms with E-state index in [-0.39, 0.29) is 17.0 Å². The van der Waals surface area contributed by atoms with Crippen molar-refractivity contribution in [3.05, 3.63) is 69.4 Å². The summed E-state index contributed by atoms with van der Waals surface area (Å²) in [7, 11) is 4.56. The molecule has 0 amide bonds. The number of nitrogens with one attached hydrogen (secondary N) is 1. The standard InChI is InChI=1S/C21H20N6O4/c1-22-15(20(29)31-3)9-12-6-7-16(17-13(12)5-4-8-24-17)27-19(28)14-10-23-11-25-18(14)26(2)21(27)30/h4-8,10-11,15,22H,9H2,1-3H3/t15-/m0/s1. The molecule has 0 aliphatic rings. The van der Waals surface area contributed by atoms with Gasteiger partial charge in [-0.1, -0.05) is 12.1 Å². The van der Waals surface area contributed by atoms with E-state index >= 15 is 0 Å². The maximum atomic E-state index is 13.2. The molecule has 0 bridgehead atoms. The number of ether oxygens (including phenoxy) is 1. The smallest absolute Gasteiger partial charge is 0.337 e. The van der Waals surface area contributed by atoms with Gasteiger partial charge in [0.1, 0.15) is 17.8 Å². The van der Waals surface area contributed by atoms with Crippen LogP contribution < -0.4 is 16.6 Å². The molecule has 0 radical (unpaired) electrons. The van der Waals surface area contributed by atoms with Crippen LogP contribution in [0.1, 0.15) is 5.56 Å². The molecule has 0 saturated carbocycles. The number of aromatic nitrogens is 5. The molecule has 0 unspecified atom stereocenters. The molecule has 3 aromatic heterocycles. The van der Waals surface area contributed by atoms with Crippen LogP contribution in [0.5, 0.6) is 0 Å². The second-order valence-electron chi connectivity index (χ2n) is 6.95. The number of rotatable bonds is 5. The summed E-state index contributed by atoms with van der Waals surface area (Å²) in [5.74, 6) is -0.386. The lowest BCUT2D eigenvalue weighted by Gasteiger charge is -2.17. The van der Waals surface area contributed by atoms with Crippen molar-refractivity contribution in [2.45, 2.75) is 12.5 Å². The number of hydrogen-bond acceptors (Lipinski definition) is 8. The Morgan fingerprint density at radius 2 is 2.00 bits per heavy atom. The molecule has 0 saturated heterocycles. The van der Waals surface area contributed by atoms with E-state index in [1.165, 1.54) is 24.2 Å². The first-order valence-corrected chi connectivity index (χ1v) is 9.51. The maximum absolute atomic E-state index is 13.2. The van der Waals surface area contributed by atoms with Crippen molar-refractivity contribution >= 4 is 27.9 Å². The van der Waals surface area contributed by atoms with Crippen LogP contribution in [0.4, 0.5) is 0 Å². The van der Waals surface area contributed by atoms with E-state index < -0.39 is 17.3 Å². The molecule has 31 heavy (non-hydrogen) atoms. The van der Waals surface area contributed by atoms with Crippen LogP contribution in [-0.2, 0) is 23.0 Å². The molecule has 0 fully saturated rings. The van der Waals surface area contributed by atoms with Gasteiger partial charge < -0.3 is 10.1 Å². The molecule has 10 heteroatoms. The van der Waals surface area contributed by atoms with Gasteiger partial charge in [-0.05, 0) is 31.2 Å². The van der Waals surface area contributed by atoms with Crippen molar-refractivity contribution in [3.63, 3.8) is 0 Å². The van der Waals surface area contributed by atoms with Crippen LogP contribution in [0.3, 0.4) is 0 Å². The third-order valence-electron chi connectivity index (χ3n) is 5.26. The van der Waals surface area contributed by atoms with Crippen molar-refractivity contribution in [2.24, 2.45) is 7.05 Å². The van der Waals surface area contributed by atoms with Crippen molar-refractivity contribution in [2.75, 3.05) is 14.2 Å². The Labute approximate surface area is 176 Å². The zero-order valence-corrected chi connectivity index (χ0v) is 17.2. The molecule has 1 atom stereocenters. The van der Waals surface area contributed by atoms with E-state index in [1.54, 1.807) is 38.5 Å². The normalized spacial score (nSPS) is 12.2. The minimum Gasteiger partial charge on any atom is -0.468 e. The number of likely N-dealkylation sites (N-methyl/N-ethyl adjacent to an activating group) is 1. The summed E-state index contributed by atoms with van der Waals surface area (Å²) >= 11 is 0. The molecule has 0 aliphatic heterocycles. The largest absolute Gasteiger partial charge is 0.468 e. The molecule has 4 rings (SSSR count). The Morgan fingerprint density at radius 1 is 1.19 bits per heavy atom. The molecular weight excluding hydrogens is 400 g/mol. The zero-order chi connectivity index (χ0) is 22.1. The summed E-state index contributed by atoms with van der Waals surface area (Å²) in [5.41, 5.74) is 0.820. The molecule has 1 aromatic carbocycles. The van der Waals surface area contributed by atoms with E-state index in [0.29, 0.717) is 17.6 Å². The van der Waals surface area contributed by atoms with Gasteiger partial charge in [-0.3, -0.25) is 19.1 Å². The summed E-state index contributed by atoms with van der Waals surface area (Å²) in [6.45, 7) is 0. The molecule has 0 spiro atoms. The number of hydrogen-bond donors (Lipinski definition) is 1. The number of pyridine rings is 1. The number of esters is 1. The zero-order valence-electron chi connectivity index (χ0n) is 17.2. The SMILES string of the molecule is CN[C@@H](Cc1ccc(-n2c(=O)c3cncnc3n(C)c2=O)c2ncccc12)C(=O)OC. The molecule has 4 aromatic rings. The number of aryl methyl sites for hydroxylation is 1. The predicted molar refractivity (Wildman–Crippen MR) is 114 cm³/mol. The Hall–Kier alpha value is -3.92. The van der Waals surface area contributed by atoms with Crippen LogP contribution >= 0.6 is 0 Å². The van der Waals surface area contributed by atoms with Gasteiger partial charge >= 0.3 is 11.7 Å². The summed E-state index contributed by atoms with van der Waals surface area (Å²) in [4.78, 5) is 50.6. The Bertz CT molecular complexity index is 1430. The molecular formula is C21H20N6O4. The van der Waals surface area contributed by atoms with Gasteiger partial charge in [0, 0.05) is 24.8 Å². The van der Waals surface area contributed by atoms with Crippen LogP contribution in [0, 0.1) is 0 Å². The average molecular weight is 420 g/mol. The van der Waals surface area contributed by atoms with Crippen molar-refractivity contribution in [3.8, 4) is 5.69 Å². The molecule has 3 heterocycles. The highest BCUT2D eigenvalue weighted by molar-refractivity contribution is 5.90. The maximum Gasteiger partial charge on any atom is 0.337 e. The third kappa shape index (κ3) is 3.36. The fourth-order valence-electron chi connectivity index (χ4n) is 3.64. The fourth-order valence-corrected chi connectivity index (χ4v) is 3.64. The number of methoxy groups -OCH3 is 1. The fraction of sp³-hybridized carbons (Fsp3) is 0.238. The minimum absolute atomic E-state index is 0.221. The molecule has 10 nitrogen and oxygen atoms in total. The number of carbonyl (C=O) groups is 1. The molecule has 1 N–H and O–H groups in total. The summed E-state index contributed by atoms with van der Waals surface area (Å²) in [5, 5.41) is 3.89. The van der Waals surface area contributed by atoms with E-state index in [1.807, 2.05) is 6.07 Å². The van der Waals surface area contributed by atoms with Crippen LogP contribution in [-0.4, -0.2) is 50.3 Å². The van der Waals surface area contributed by atoms with Crippen molar-refractivity contribution in [1.29, 1.82) is 0 Å². The third-order valence-corrected chi connectivity index (χ3v) is 5.26. The predicted octanol–water partition coefficient (Wildman–Crippen LogP) is 0.331. The van der Waals surface area contributed by atoms with E-state index in [4.69, 9.17) is 4.74 Å². The van der Waals surface area contributed by atoms with Gasteiger partial charge in [0.25, 0.3) is 5.56 Å². The number of nitrogens with zero attached hydrogens (tertiary/aromatic N) is 5.